The molecule has 25 heavy (non-hydrogen) atoms. The van der Waals surface area contributed by atoms with Gasteiger partial charge in [-0.15, -0.1) is 0 Å². The highest BCUT2D eigenvalue weighted by atomic mass is 32.2. The van der Waals surface area contributed by atoms with Gasteiger partial charge in [0.1, 0.15) is 0 Å². The van der Waals surface area contributed by atoms with E-state index in [1.165, 1.54) is 25.7 Å². The second kappa shape index (κ2) is 8.78. The van der Waals surface area contributed by atoms with Crippen molar-refractivity contribution >= 4 is 15.9 Å². The molecule has 2 rings (SSSR count). The summed E-state index contributed by atoms with van der Waals surface area (Å²) in [6.07, 6.45) is 4.41. The molecular weight excluding hydrogens is 340 g/mol. The van der Waals surface area contributed by atoms with Crippen molar-refractivity contribution < 1.29 is 17.9 Å². The maximum atomic E-state index is 12.7. The molecule has 7 heteroatoms. The van der Waals surface area contributed by atoms with Gasteiger partial charge in [-0.05, 0) is 43.4 Å². The Labute approximate surface area is 150 Å². The molecule has 0 heterocycles. The SMILES string of the molecule is COCCNS(=O)(=O)c1ccc(C)c(C(=O)NC2CCCCC2C)c1. The van der Waals surface area contributed by atoms with Crippen LogP contribution in [0.3, 0.4) is 0 Å². The van der Waals surface area contributed by atoms with Gasteiger partial charge in [0.25, 0.3) is 5.91 Å². The molecule has 0 aromatic heterocycles. The molecular formula is C18H28N2O4S. The summed E-state index contributed by atoms with van der Waals surface area (Å²) in [4.78, 5) is 12.8. The zero-order chi connectivity index (χ0) is 18.4. The number of hydrogen-bond donors (Lipinski definition) is 2. The topological polar surface area (TPSA) is 84.5 Å². The number of ether oxygens (including phenoxy) is 1. The maximum absolute atomic E-state index is 12.7. The van der Waals surface area contributed by atoms with Gasteiger partial charge < -0.3 is 10.1 Å². The van der Waals surface area contributed by atoms with Crippen LogP contribution in [-0.4, -0.2) is 40.6 Å². The molecule has 1 aromatic carbocycles. The largest absolute Gasteiger partial charge is 0.383 e. The van der Waals surface area contributed by atoms with Crippen LogP contribution in [0.15, 0.2) is 23.1 Å². The number of rotatable bonds is 7. The van der Waals surface area contributed by atoms with Crippen LogP contribution in [0.4, 0.5) is 0 Å². The quantitative estimate of drug-likeness (QED) is 0.723. The molecule has 2 N–H and O–H groups in total. The minimum Gasteiger partial charge on any atom is -0.383 e. The van der Waals surface area contributed by atoms with E-state index in [9.17, 15) is 13.2 Å². The average molecular weight is 368 g/mol. The number of hydrogen-bond acceptors (Lipinski definition) is 4. The Morgan fingerprint density at radius 3 is 2.68 bits per heavy atom. The van der Waals surface area contributed by atoms with Crippen LogP contribution in [0.5, 0.6) is 0 Å². The Balaban J connectivity index is 2.16. The highest BCUT2D eigenvalue weighted by molar-refractivity contribution is 7.89. The summed E-state index contributed by atoms with van der Waals surface area (Å²) in [5.74, 6) is 0.242. The van der Waals surface area contributed by atoms with Gasteiger partial charge in [0.05, 0.1) is 11.5 Å². The molecule has 140 valence electrons. The highest BCUT2D eigenvalue weighted by Gasteiger charge is 2.24. The van der Waals surface area contributed by atoms with Gasteiger partial charge in [-0.3, -0.25) is 4.79 Å². The minimum atomic E-state index is -3.66. The normalized spacial score (nSPS) is 21.1. The summed E-state index contributed by atoms with van der Waals surface area (Å²) in [5, 5.41) is 3.08. The van der Waals surface area contributed by atoms with E-state index in [2.05, 4.69) is 17.0 Å². The molecule has 1 fully saturated rings. The molecule has 0 saturated heterocycles. The lowest BCUT2D eigenvalue weighted by molar-refractivity contribution is 0.0909. The van der Waals surface area contributed by atoms with Crippen LogP contribution in [0.25, 0.3) is 0 Å². The monoisotopic (exact) mass is 368 g/mol. The number of aryl methyl sites for hydroxylation is 1. The molecule has 2 atom stereocenters. The predicted octanol–water partition coefficient (Wildman–Crippen LogP) is 2.23. The van der Waals surface area contributed by atoms with Crippen molar-refractivity contribution in [2.24, 2.45) is 5.92 Å². The first-order valence-corrected chi connectivity index (χ1v) is 10.2. The third-order valence-corrected chi connectivity index (χ3v) is 6.25. The van der Waals surface area contributed by atoms with Crippen LogP contribution >= 0.6 is 0 Å². The van der Waals surface area contributed by atoms with Gasteiger partial charge >= 0.3 is 0 Å². The van der Waals surface area contributed by atoms with E-state index in [4.69, 9.17) is 4.74 Å². The van der Waals surface area contributed by atoms with Gasteiger partial charge in [-0.2, -0.15) is 0 Å². The van der Waals surface area contributed by atoms with Gasteiger partial charge in [-0.1, -0.05) is 25.8 Å². The molecule has 1 aliphatic carbocycles. The van der Waals surface area contributed by atoms with Crippen molar-refractivity contribution in [2.45, 2.75) is 50.5 Å². The number of sulfonamides is 1. The summed E-state index contributed by atoms with van der Waals surface area (Å²) in [5.41, 5.74) is 1.17. The van der Waals surface area contributed by atoms with Gasteiger partial charge in [-0.25, -0.2) is 13.1 Å². The first-order valence-electron chi connectivity index (χ1n) is 8.75. The van der Waals surface area contributed by atoms with E-state index in [-0.39, 0.29) is 30.0 Å². The molecule has 1 aliphatic rings. The zero-order valence-corrected chi connectivity index (χ0v) is 16.0. The molecule has 0 radical (unpaired) electrons. The van der Waals surface area contributed by atoms with Crippen LogP contribution in [0.2, 0.25) is 0 Å². The third-order valence-electron chi connectivity index (χ3n) is 4.79. The highest BCUT2D eigenvalue weighted by Crippen LogP contribution is 2.24. The van der Waals surface area contributed by atoms with E-state index in [1.807, 2.05) is 6.92 Å². The Morgan fingerprint density at radius 1 is 1.28 bits per heavy atom. The van der Waals surface area contributed by atoms with Crippen LogP contribution < -0.4 is 10.0 Å². The summed E-state index contributed by atoms with van der Waals surface area (Å²) < 4.78 is 32.0. The molecule has 0 spiro atoms. The molecule has 2 unspecified atom stereocenters. The first kappa shape index (κ1) is 19.9. The minimum absolute atomic E-state index is 0.0936. The van der Waals surface area contributed by atoms with Crippen LogP contribution in [0, 0.1) is 12.8 Å². The van der Waals surface area contributed by atoms with E-state index < -0.39 is 10.0 Å². The number of amides is 1. The number of benzene rings is 1. The summed E-state index contributed by atoms with van der Waals surface area (Å²) in [7, 11) is -2.15. The predicted molar refractivity (Wildman–Crippen MR) is 97.1 cm³/mol. The van der Waals surface area contributed by atoms with Crippen molar-refractivity contribution in [1.82, 2.24) is 10.0 Å². The Bertz CT molecular complexity index is 703. The summed E-state index contributed by atoms with van der Waals surface area (Å²) in [6.45, 7) is 4.44. The van der Waals surface area contributed by atoms with Crippen LogP contribution in [0.1, 0.15) is 48.5 Å². The fraction of sp³-hybridized carbons (Fsp3) is 0.611. The number of carbonyl (C=O) groups is 1. The van der Waals surface area contributed by atoms with Crippen LogP contribution in [-0.2, 0) is 14.8 Å². The number of carbonyl (C=O) groups excluding carboxylic acids is 1. The third kappa shape index (κ3) is 5.26. The average Bonchev–Trinajstić information content (AvgIpc) is 2.57. The lowest BCUT2D eigenvalue weighted by Gasteiger charge is -2.29. The van der Waals surface area contributed by atoms with E-state index in [0.717, 1.165) is 24.8 Å². The van der Waals surface area contributed by atoms with Crippen molar-refractivity contribution in [2.75, 3.05) is 20.3 Å². The lowest BCUT2D eigenvalue weighted by Crippen LogP contribution is -2.41. The van der Waals surface area contributed by atoms with Gasteiger partial charge in [0.2, 0.25) is 10.0 Å². The van der Waals surface area contributed by atoms with Crippen molar-refractivity contribution in [3.63, 3.8) is 0 Å². The van der Waals surface area contributed by atoms with Crippen molar-refractivity contribution in [3.8, 4) is 0 Å². The molecule has 0 bridgehead atoms. The second-order valence-corrected chi connectivity index (χ2v) is 8.48. The Kier molecular flexibility index (Phi) is 6.98. The van der Waals surface area contributed by atoms with Crippen molar-refractivity contribution in [3.05, 3.63) is 29.3 Å². The van der Waals surface area contributed by atoms with Gasteiger partial charge in [0, 0.05) is 25.3 Å². The molecule has 1 saturated carbocycles. The summed E-state index contributed by atoms with van der Waals surface area (Å²) in [6, 6.07) is 4.79. The first-order chi connectivity index (χ1) is 11.8. The summed E-state index contributed by atoms with van der Waals surface area (Å²) >= 11 is 0. The molecule has 1 aromatic rings. The van der Waals surface area contributed by atoms with Gasteiger partial charge in [0.15, 0.2) is 0 Å². The lowest BCUT2D eigenvalue weighted by atomic mass is 9.86. The van der Waals surface area contributed by atoms with E-state index in [1.54, 1.807) is 6.07 Å². The van der Waals surface area contributed by atoms with Crippen molar-refractivity contribution in [1.29, 1.82) is 0 Å². The number of nitrogens with one attached hydrogen (secondary N) is 2. The fourth-order valence-corrected chi connectivity index (χ4v) is 4.19. The fourth-order valence-electron chi connectivity index (χ4n) is 3.15. The second-order valence-electron chi connectivity index (χ2n) is 6.71. The Hall–Kier alpha value is -1.44. The molecule has 0 aliphatic heterocycles. The Morgan fingerprint density at radius 2 is 2.00 bits per heavy atom. The standard InChI is InChI=1S/C18H28N2O4S/c1-13-8-9-15(25(22,23)19-10-11-24-3)12-16(13)18(21)20-17-7-5-4-6-14(17)2/h8-9,12,14,17,19H,4-7,10-11H2,1-3H3,(H,20,21). The number of methoxy groups -OCH3 is 1. The maximum Gasteiger partial charge on any atom is 0.251 e. The van der Waals surface area contributed by atoms with E-state index in [0.29, 0.717) is 11.5 Å². The molecule has 1 amide bonds. The molecule has 6 nitrogen and oxygen atoms in total. The smallest absolute Gasteiger partial charge is 0.251 e. The zero-order valence-electron chi connectivity index (χ0n) is 15.2. The van der Waals surface area contributed by atoms with E-state index >= 15 is 0 Å².